The van der Waals surface area contributed by atoms with Crippen LogP contribution in [0, 0.1) is 0 Å². The number of fused-ring (bicyclic) bond motifs is 2. The molecule has 0 bridgehead atoms. The largest absolute Gasteiger partial charge is 0.361 e. The normalized spacial score (nSPS) is 14.5. The number of amides is 1. The van der Waals surface area contributed by atoms with Crippen molar-refractivity contribution in [3.05, 3.63) is 106 Å². The summed E-state index contributed by atoms with van der Waals surface area (Å²) in [7, 11) is 0. The highest BCUT2D eigenvalue weighted by molar-refractivity contribution is 6.30. The predicted octanol–water partition coefficient (Wildman–Crippen LogP) is 5.93. The van der Waals surface area contributed by atoms with Gasteiger partial charge >= 0.3 is 0 Å². The summed E-state index contributed by atoms with van der Waals surface area (Å²) in [6.45, 7) is 1.47. The highest BCUT2D eigenvalue weighted by Gasteiger charge is 2.26. The van der Waals surface area contributed by atoms with Gasteiger partial charge in [0.05, 0.1) is 0 Å². The van der Waals surface area contributed by atoms with Crippen molar-refractivity contribution in [2.45, 2.75) is 25.3 Å². The third-order valence-corrected chi connectivity index (χ3v) is 6.38. The summed E-state index contributed by atoms with van der Waals surface area (Å²) in [4.78, 5) is 18.7. The highest BCUT2D eigenvalue weighted by atomic mass is 35.5. The molecule has 1 aromatic heterocycles. The van der Waals surface area contributed by atoms with Gasteiger partial charge in [-0.1, -0.05) is 66.2 Å². The van der Waals surface area contributed by atoms with E-state index in [4.69, 9.17) is 11.6 Å². The highest BCUT2D eigenvalue weighted by Crippen LogP contribution is 2.35. The zero-order valence-corrected chi connectivity index (χ0v) is 17.4. The number of rotatable bonds is 4. The van der Waals surface area contributed by atoms with Crippen molar-refractivity contribution in [3.63, 3.8) is 0 Å². The van der Waals surface area contributed by atoms with E-state index in [2.05, 4.69) is 41.4 Å². The number of H-pyrrole nitrogens is 1. The van der Waals surface area contributed by atoms with Crippen molar-refractivity contribution in [2.75, 3.05) is 6.54 Å². The Kier molecular flexibility index (Phi) is 5.06. The van der Waals surface area contributed by atoms with Gasteiger partial charge in [0.25, 0.3) is 0 Å². The summed E-state index contributed by atoms with van der Waals surface area (Å²) in [5, 5.41) is 1.87. The summed E-state index contributed by atoms with van der Waals surface area (Å²) in [5.74, 6) is 0.165. The van der Waals surface area contributed by atoms with E-state index in [1.807, 2.05) is 47.5 Å². The summed E-state index contributed by atoms with van der Waals surface area (Å²) >= 11 is 6.13. The first-order valence-electron chi connectivity index (χ1n) is 10.3. The fourth-order valence-electron chi connectivity index (χ4n) is 4.50. The molecule has 0 saturated heterocycles. The van der Waals surface area contributed by atoms with Crippen molar-refractivity contribution in [1.82, 2.24) is 9.88 Å². The van der Waals surface area contributed by atoms with Gasteiger partial charge < -0.3 is 9.88 Å². The van der Waals surface area contributed by atoms with Crippen LogP contribution in [0.2, 0.25) is 5.02 Å². The molecule has 1 unspecified atom stereocenters. The molecular formula is C26H23ClN2O. The average molecular weight is 415 g/mol. The second-order valence-electron chi connectivity index (χ2n) is 7.93. The first kappa shape index (κ1) is 19.0. The van der Waals surface area contributed by atoms with Crippen molar-refractivity contribution in [2.24, 2.45) is 0 Å². The van der Waals surface area contributed by atoms with Gasteiger partial charge in [0.2, 0.25) is 5.91 Å². The zero-order chi connectivity index (χ0) is 20.5. The number of benzene rings is 3. The fraction of sp³-hybridized carbons (Fsp3) is 0.192. The molecular weight excluding hydrogens is 392 g/mol. The molecule has 30 heavy (non-hydrogen) atoms. The van der Waals surface area contributed by atoms with Crippen LogP contribution >= 0.6 is 11.6 Å². The molecule has 1 aliphatic heterocycles. The number of carbonyl (C=O) groups excluding carboxylic acids is 1. The monoisotopic (exact) mass is 414 g/mol. The van der Waals surface area contributed by atoms with Gasteiger partial charge in [-0.2, -0.15) is 0 Å². The summed E-state index contributed by atoms with van der Waals surface area (Å²) < 4.78 is 0. The Hall–Kier alpha value is -3.04. The number of aromatic amines is 1. The number of aromatic nitrogens is 1. The molecule has 0 radical (unpaired) electrons. The van der Waals surface area contributed by atoms with E-state index in [-0.39, 0.29) is 11.8 Å². The van der Waals surface area contributed by atoms with Crippen molar-refractivity contribution in [3.8, 4) is 0 Å². The second kappa shape index (κ2) is 8.00. The van der Waals surface area contributed by atoms with Crippen LogP contribution in [-0.4, -0.2) is 22.3 Å². The van der Waals surface area contributed by atoms with Gasteiger partial charge in [0.15, 0.2) is 0 Å². The summed E-state index contributed by atoms with van der Waals surface area (Å²) in [5.41, 5.74) is 5.96. The molecule has 1 amide bonds. The molecule has 3 nitrogen and oxygen atoms in total. The van der Waals surface area contributed by atoms with Gasteiger partial charge in [-0.15, -0.1) is 0 Å². The smallest absolute Gasteiger partial charge is 0.223 e. The van der Waals surface area contributed by atoms with Crippen molar-refractivity contribution >= 4 is 28.4 Å². The van der Waals surface area contributed by atoms with Crippen LogP contribution in [0.4, 0.5) is 0 Å². The van der Waals surface area contributed by atoms with E-state index >= 15 is 0 Å². The number of para-hydroxylation sites is 1. The van der Waals surface area contributed by atoms with Gasteiger partial charge in [-0.05, 0) is 46.9 Å². The number of hydrogen-bond acceptors (Lipinski definition) is 1. The molecule has 3 aromatic carbocycles. The molecule has 4 aromatic rings. The standard InChI is InChI=1S/C26H23ClN2O/c27-21-11-9-19(10-12-21)23(24-16-28-25-8-4-3-7-22(24)25)15-26(30)29-14-13-18-5-1-2-6-20(18)17-29/h1-12,16,23,28H,13-15,17H2. The number of halogens is 1. The van der Waals surface area contributed by atoms with E-state index < -0.39 is 0 Å². The Morgan fingerprint density at radius 2 is 1.70 bits per heavy atom. The topological polar surface area (TPSA) is 36.1 Å². The second-order valence-corrected chi connectivity index (χ2v) is 8.37. The van der Waals surface area contributed by atoms with E-state index in [9.17, 15) is 4.79 Å². The Labute approximate surface area is 181 Å². The summed E-state index contributed by atoms with van der Waals surface area (Å²) in [6, 6.07) is 24.6. The summed E-state index contributed by atoms with van der Waals surface area (Å²) in [6.07, 6.45) is 3.40. The van der Waals surface area contributed by atoms with E-state index in [0.717, 1.165) is 35.0 Å². The van der Waals surface area contributed by atoms with Crippen molar-refractivity contribution in [1.29, 1.82) is 0 Å². The van der Waals surface area contributed by atoms with Crippen molar-refractivity contribution < 1.29 is 4.79 Å². The van der Waals surface area contributed by atoms with Crippen LogP contribution in [0.15, 0.2) is 79.0 Å². The SMILES string of the molecule is O=C(CC(c1ccc(Cl)cc1)c1c[nH]c2ccccc12)N1CCc2ccccc2C1. The maximum absolute atomic E-state index is 13.4. The lowest BCUT2D eigenvalue weighted by atomic mass is 9.87. The quantitative estimate of drug-likeness (QED) is 0.441. The van der Waals surface area contributed by atoms with Gasteiger partial charge in [0.1, 0.15) is 0 Å². The molecule has 1 atom stereocenters. The maximum atomic E-state index is 13.4. The minimum absolute atomic E-state index is 0.0249. The van der Waals surface area contributed by atoms with Crippen LogP contribution in [0.25, 0.3) is 10.9 Å². The van der Waals surface area contributed by atoms with Crippen LogP contribution < -0.4 is 0 Å². The molecule has 150 valence electrons. The van der Waals surface area contributed by atoms with Gasteiger partial charge in [-0.25, -0.2) is 0 Å². The molecule has 0 aliphatic carbocycles. The van der Waals surface area contributed by atoms with Crippen LogP contribution in [0.1, 0.15) is 34.6 Å². The van der Waals surface area contributed by atoms with Crippen LogP contribution in [-0.2, 0) is 17.8 Å². The first-order valence-corrected chi connectivity index (χ1v) is 10.7. The molecule has 0 saturated carbocycles. The van der Waals surface area contributed by atoms with Crippen LogP contribution in [0.3, 0.4) is 0 Å². The minimum Gasteiger partial charge on any atom is -0.361 e. The molecule has 2 heterocycles. The third kappa shape index (κ3) is 3.61. The Bertz CT molecular complexity index is 1200. The lowest BCUT2D eigenvalue weighted by molar-refractivity contribution is -0.132. The molecule has 5 rings (SSSR count). The van der Waals surface area contributed by atoms with E-state index in [1.54, 1.807) is 0 Å². The van der Waals surface area contributed by atoms with Crippen LogP contribution in [0.5, 0.6) is 0 Å². The van der Waals surface area contributed by atoms with Gasteiger partial charge in [-0.3, -0.25) is 4.79 Å². The maximum Gasteiger partial charge on any atom is 0.223 e. The predicted molar refractivity (Wildman–Crippen MR) is 122 cm³/mol. The number of carbonyl (C=O) groups is 1. The zero-order valence-electron chi connectivity index (χ0n) is 16.6. The van der Waals surface area contributed by atoms with E-state index in [1.165, 1.54) is 11.1 Å². The number of hydrogen-bond donors (Lipinski definition) is 1. The average Bonchev–Trinajstić information content (AvgIpc) is 3.21. The molecule has 4 heteroatoms. The van der Waals surface area contributed by atoms with Gasteiger partial charge in [0, 0.05) is 47.6 Å². The molecule has 0 fully saturated rings. The Morgan fingerprint density at radius 1 is 0.967 bits per heavy atom. The Morgan fingerprint density at radius 3 is 2.53 bits per heavy atom. The Balaban J connectivity index is 1.47. The molecule has 1 N–H and O–H groups in total. The third-order valence-electron chi connectivity index (χ3n) is 6.13. The number of nitrogens with one attached hydrogen (secondary N) is 1. The lowest BCUT2D eigenvalue weighted by Gasteiger charge is -2.30. The minimum atomic E-state index is -0.0249. The van der Waals surface area contributed by atoms with E-state index in [0.29, 0.717) is 18.0 Å². The molecule has 1 aliphatic rings. The fourth-order valence-corrected chi connectivity index (χ4v) is 4.62. The number of nitrogens with zero attached hydrogens (tertiary/aromatic N) is 1. The first-order chi connectivity index (χ1) is 14.7. The molecule has 0 spiro atoms. The lowest BCUT2D eigenvalue weighted by Crippen LogP contribution is -2.36.